The van der Waals surface area contributed by atoms with Crippen molar-refractivity contribution in [1.82, 2.24) is 24.7 Å². The molecule has 2 atom stereocenters. The number of alkyl halides is 3. The molecule has 0 amide bonds. The Hall–Kier alpha value is -2.60. The van der Waals surface area contributed by atoms with Gasteiger partial charge in [0.25, 0.3) is 0 Å². The number of anilines is 1. The van der Waals surface area contributed by atoms with Crippen molar-refractivity contribution >= 4 is 33.3 Å². The van der Waals surface area contributed by atoms with E-state index < -0.39 is 18.0 Å². The first-order valence-electron chi connectivity index (χ1n) is 10.6. The summed E-state index contributed by atoms with van der Waals surface area (Å²) < 4.78 is 40.8. The summed E-state index contributed by atoms with van der Waals surface area (Å²) in [6, 6.07) is 1.52. The Balaban J connectivity index is 1.55. The normalized spacial score (nSPS) is 21.5. The van der Waals surface area contributed by atoms with E-state index in [2.05, 4.69) is 23.2 Å². The van der Waals surface area contributed by atoms with Crippen LogP contribution in [0.25, 0.3) is 10.2 Å². The number of ketones is 1. The van der Waals surface area contributed by atoms with Crippen molar-refractivity contribution in [3.8, 4) is 0 Å². The quantitative estimate of drug-likeness (QED) is 0.632. The average molecular weight is 466 g/mol. The molecule has 32 heavy (non-hydrogen) atoms. The van der Waals surface area contributed by atoms with E-state index in [1.807, 2.05) is 0 Å². The fourth-order valence-corrected chi connectivity index (χ4v) is 5.57. The van der Waals surface area contributed by atoms with Crippen molar-refractivity contribution in [1.29, 1.82) is 0 Å². The number of carbonyl (C=O) groups is 1. The molecule has 3 aromatic heterocycles. The van der Waals surface area contributed by atoms with Crippen LogP contribution in [0.5, 0.6) is 0 Å². The number of thiophene rings is 1. The first-order chi connectivity index (χ1) is 15.2. The number of aryl methyl sites for hydroxylation is 1. The lowest BCUT2D eigenvalue weighted by Gasteiger charge is -2.25. The second-order valence-corrected chi connectivity index (χ2v) is 9.44. The molecule has 0 bridgehead atoms. The second kappa shape index (κ2) is 7.77. The summed E-state index contributed by atoms with van der Waals surface area (Å²) in [7, 11) is 0. The number of fused-ring (bicyclic) bond motifs is 2. The fraction of sp³-hybridized carbons (Fsp3) is 0.550. The van der Waals surface area contributed by atoms with Crippen LogP contribution in [-0.4, -0.2) is 49.6 Å². The number of nitrogens with two attached hydrogens (primary N) is 1. The van der Waals surface area contributed by atoms with Crippen LogP contribution in [0, 0.1) is 0 Å². The fourth-order valence-electron chi connectivity index (χ4n) is 4.44. The minimum atomic E-state index is -4.53. The Morgan fingerprint density at radius 1 is 1.28 bits per heavy atom. The molecule has 2 N–H and O–H groups in total. The molecule has 12 heteroatoms. The maximum absolute atomic E-state index is 13.2. The minimum absolute atomic E-state index is 0.0569. The lowest BCUT2D eigenvalue weighted by Crippen LogP contribution is -2.30. The van der Waals surface area contributed by atoms with Crippen molar-refractivity contribution in [3.63, 3.8) is 0 Å². The topological polar surface area (TPSA) is 103 Å². The maximum atomic E-state index is 13.2. The average Bonchev–Trinajstić information content (AvgIpc) is 3.43. The van der Waals surface area contributed by atoms with Crippen LogP contribution in [0.4, 0.5) is 19.1 Å². The molecular weight excluding hydrogens is 443 g/mol. The van der Waals surface area contributed by atoms with Gasteiger partial charge in [0.2, 0.25) is 11.8 Å². The van der Waals surface area contributed by atoms with Gasteiger partial charge in [-0.15, -0.1) is 21.5 Å². The van der Waals surface area contributed by atoms with Gasteiger partial charge in [0, 0.05) is 35.7 Å². The van der Waals surface area contributed by atoms with E-state index in [-0.39, 0.29) is 24.8 Å². The molecule has 5 rings (SSSR count). The molecule has 1 saturated heterocycles. The molecule has 0 saturated carbocycles. The molecule has 3 aromatic rings. The molecule has 0 radical (unpaired) electrons. The second-order valence-electron chi connectivity index (χ2n) is 8.32. The van der Waals surface area contributed by atoms with Gasteiger partial charge in [0.05, 0.1) is 18.3 Å². The number of Topliss-reactive ketones (excluding diaryl/α,β-unsaturated/α-hetero) is 1. The van der Waals surface area contributed by atoms with Gasteiger partial charge in [-0.25, -0.2) is 9.97 Å². The van der Waals surface area contributed by atoms with E-state index >= 15 is 0 Å². The zero-order valence-corrected chi connectivity index (χ0v) is 18.2. The summed E-state index contributed by atoms with van der Waals surface area (Å²) in [4.78, 5) is 25.3. The third-order valence-corrected chi connectivity index (χ3v) is 7.10. The summed E-state index contributed by atoms with van der Waals surface area (Å²) >= 11 is 1.59. The summed E-state index contributed by atoms with van der Waals surface area (Å²) in [5.74, 6) is -0.373. The van der Waals surface area contributed by atoms with Gasteiger partial charge in [-0.3, -0.25) is 4.79 Å². The van der Waals surface area contributed by atoms with Crippen LogP contribution >= 0.6 is 11.3 Å². The minimum Gasteiger partial charge on any atom is -0.331 e. The van der Waals surface area contributed by atoms with Crippen LogP contribution in [-0.2, 0) is 30.4 Å². The predicted octanol–water partition coefficient (Wildman–Crippen LogP) is 2.70. The number of halogens is 3. The van der Waals surface area contributed by atoms with Crippen LogP contribution < -0.4 is 10.6 Å². The molecule has 0 aliphatic carbocycles. The monoisotopic (exact) mass is 465 g/mol. The van der Waals surface area contributed by atoms with Crippen molar-refractivity contribution in [3.05, 3.63) is 28.3 Å². The molecule has 1 fully saturated rings. The summed E-state index contributed by atoms with van der Waals surface area (Å²) in [5, 5.41) is 8.12. The van der Waals surface area contributed by atoms with Gasteiger partial charge in [-0.05, 0) is 18.9 Å². The molecule has 170 valence electrons. The van der Waals surface area contributed by atoms with E-state index in [4.69, 9.17) is 15.7 Å². The number of aromatic nitrogens is 5. The molecule has 0 aromatic carbocycles. The van der Waals surface area contributed by atoms with Crippen molar-refractivity contribution in [2.45, 2.75) is 57.3 Å². The van der Waals surface area contributed by atoms with E-state index in [1.165, 1.54) is 4.88 Å². The smallest absolute Gasteiger partial charge is 0.331 e. The first kappa shape index (κ1) is 21.3. The summed E-state index contributed by atoms with van der Waals surface area (Å²) in [5.41, 5.74) is 6.67. The number of carbonyl (C=O) groups excluding carboxylic acids is 1. The zero-order valence-electron chi connectivity index (χ0n) is 17.4. The maximum Gasteiger partial charge on any atom is 0.451 e. The molecule has 8 nitrogen and oxygen atoms in total. The Morgan fingerprint density at radius 3 is 2.78 bits per heavy atom. The van der Waals surface area contributed by atoms with E-state index in [9.17, 15) is 18.0 Å². The SMILES string of the molecule is CCCc1cc2c(C3CCn4c(nnc4C(F)(F)F)C3)nc(N3CC(=O)C(N)C3)nc2s1. The molecule has 5 heterocycles. The Bertz CT molecular complexity index is 1190. The van der Waals surface area contributed by atoms with Crippen molar-refractivity contribution < 1.29 is 18.0 Å². The molecular formula is C20H22F3N7OS. The van der Waals surface area contributed by atoms with Gasteiger partial charge < -0.3 is 15.2 Å². The zero-order chi connectivity index (χ0) is 22.6. The number of hydrogen-bond acceptors (Lipinski definition) is 8. The Kier molecular flexibility index (Phi) is 5.16. The number of rotatable bonds is 4. The highest BCUT2D eigenvalue weighted by atomic mass is 32.1. The standard InChI is InChI=1S/C20H22F3N7OS/c1-2-3-11-7-12-16(10-4-5-30-15(6-10)27-28-18(30)20(21,22)23)25-19(26-17(12)32-11)29-8-13(24)14(31)9-29/h7,10,13H,2-6,8-9,24H2,1H3. The van der Waals surface area contributed by atoms with E-state index in [0.29, 0.717) is 31.2 Å². The highest BCUT2D eigenvalue weighted by Gasteiger charge is 2.40. The lowest BCUT2D eigenvalue weighted by atomic mass is 9.92. The van der Waals surface area contributed by atoms with Crippen LogP contribution in [0.1, 0.15) is 47.9 Å². The van der Waals surface area contributed by atoms with Gasteiger partial charge >= 0.3 is 6.18 Å². The van der Waals surface area contributed by atoms with Gasteiger partial charge in [-0.2, -0.15) is 13.2 Å². The van der Waals surface area contributed by atoms with Crippen molar-refractivity contribution in [2.24, 2.45) is 5.73 Å². The van der Waals surface area contributed by atoms with E-state index in [0.717, 1.165) is 33.3 Å². The van der Waals surface area contributed by atoms with Gasteiger partial charge in [-0.1, -0.05) is 13.3 Å². The molecule has 2 unspecified atom stereocenters. The highest BCUT2D eigenvalue weighted by Crippen LogP contribution is 2.38. The lowest BCUT2D eigenvalue weighted by molar-refractivity contribution is -0.147. The van der Waals surface area contributed by atoms with E-state index in [1.54, 1.807) is 16.2 Å². The molecule has 2 aliphatic heterocycles. The van der Waals surface area contributed by atoms with Gasteiger partial charge in [0.1, 0.15) is 10.7 Å². The van der Waals surface area contributed by atoms with Gasteiger partial charge in [0.15, 0.2) is 5.78 Å². The Morgan fingerprint density at radius 2 is 2.09 bits per heavy atom. The van der Waals surface area contributed by atoms with Crippen LogP contribution in [0.3, 0.4) is 0 Å². The summed E-state index contributed by atoms with van der Waals surface area (Å²) in [6.45, 7) is 2.78. The van der Waals surface area contributed by atoms with Crippen molar-refractivity contribution in [2.75, 3.05) is 18.0 Å². The first-order valence-corrected chi connectivity index (χ1v) is 11.4. The highest BCUT2D eigenvalue weighted by molar-refractivity contribution is 7.18. The molecule has 2 aliphatic rings. The third-order valence-electron chi connectivity index (χ3n) is 6.02. The molecule has 0 spiro atoms. The third kappa shape index (κ3) is 3.64. The number of nitrogens with zero attached hydrogens (tertiary/aromatic N) is 6. The number of hydrogen-bond donors (Lipinski definition) is 1. The Labute approximate surface area is 185 Å². The summed E-state index contributed by atoms with van der Waals surface area (Å²) in [6.07, 6.45) is -1.83. The largest absolute Gasteiger partial charge is 0.451 e. The van der Waals surface area contributed by atoms with Crippen LogP contribution in [0.15, 0.2) is 6.07 Å². The van der Waals surface area contributed by atoms with Crippen LogP contribution in [0.2, 0.25) is 0 Å². The predicted molar refractivity (Wildman–Crippen MR) is 113 cm³/mol.